The maximum atomic E-state index is 13.4. The molecule has 0 spiro atoms. The van der Waals surface area contributed by atoms with Gasteiger partial charge >= 0.3 is 6.03 Å². The lowest BCUT2D eigenvalue weighted by molar-refractivity contribution is -0.137. The minimum absolute atomic E-state index is 0.108. The van der Waals surface area contributed by atoms with Crippen LogP contribution in [0.3, 0.4) is 0 Å². The predicted molar refractivity (Wildman–Crippen MR) is 115 cm³/mol. The summed E-state index contributed by atoms with van der Waals surface area (Å²) in [5.41, 5.74) is 2.99. The number of aryl methyl sites for hydroxylation is 1. The average Bonchev–Trinajstić information content (AvgIpc) is 3.36. The number of halogens is 1. The molecule has 0 radical (unpaired) electrons. The second kappa shape index (κ2) is 7.37. The Morgan fingerprint density at radius 2 is 1.68 bits per heavy atom. The second-order valence-electron chi connectivity index (χ2n) is 8.10. The van der Waals surface area contributed by atoms with E-state index in [4.69, 9.17) is 4.99 Å². The van der Waals surface area contributed by atoms with Crippen LogP contribution in [0.25, 0.3) is 0 Å². The summed E-state index contributed by atoms with van der Waals surface area (Å²) in [7, 11) is 1.68. The summed E-state index contributed by atoms with van der Waals surface area (Å²) in [5.74, 6) is 0.116. The normalized spacial score (nSPS) is 22.7. The smallest absolute Gasteiger partial charge is 0.325 e. The van der Waals surface area contributed by atoms with E-state index in [-0.39, 0.29) is 24.3 Å². The molecule has 0 bridgehead atoms. The third kappa shape index (κ3) is 3.13. The lowest BCUT2D eigenvalue weighted by Crippen LogP contribution is -2.64. The van der Waals surface area contributed by atoms with E-state index in [1.807, 2.05) is 4.90 Å². The maximum Gasteiger partial charge on any atom is 0.328 e. The van der Waals surface area contributed by atoms with Gasteiger partial charge in [0.05, 0.1) is 6.54 Å². The van der Waals surface area contributed by atoms with Gasteiger partial charge in [0.25, 0.3) is 5.91 Å². The first-order valence-electron chi connectivity index (χ1n) is 10.5. The van der Waals surface area contributed by atoms with Gasteiger partial charge in [0, 0.05) is 25.8 Å². The fourth-order valence-electron chi connectivity index (χ4n) is 4.51. The Labute approximate surface area is 180 Å². The lowest BCUT2D eigenvalue weighted by atomic mass is 10.1. The molecule has 0 N–H and O–H groups in total. The van der Waals surface area contributed by atoms with Gasteiger partial charge in [0.1, 0.15) is 5.82 Å². The van der Waals surface area contributed by atoms with Gasteiger partial charge < -0.3 is 14.7 Å². The number of benzene rings is 2. The zero-order valence-electron chi connectivity index (χ0n) is 17.5. The molecule has 2 saturated heterocycles. The molecule has 8 heteroatoms. The molecule has 2 fully saturated rings. The molecule has 160 valence electrons. The highest BCUT2D eigenvalue weighted by Crippen LogP contribution is 2.33. The van der Waals surface area contributed by atoms with Crippen LogP contribution in [0.15, 0.2) is 53.5 Å². The van der Waals surface area contributed by atoms with Crippen LogP contribution in [0.4, 0.5) is 14.9 Å². The lowest BCUT2D eigenvalue weighted by Gasteiger charge is -2.40. The zero-order valence-corrected chi connectivity index (χ0v) is 17.5. The average molecular weight is 421 g/mol. The Balaban J connectivity index is 1.41. The summed E-state index contributed by atoms with van der Waals surface area (Å²) < 4.78 is 13.2. The van der Waals surface area contributed by atoms with Gasteiger partial charge in [-0.25, -0.2) is 14.2 Å². The van der Waals surface area contributed by atoms with E-state index < -0.39 is 12.2 Å². The molecule has 2 aromatic carbocycles. The molecule has 2 aromatic rings. The van der Waals surface area contributed by atoms with Gasteiger partial charge in [-0.2, -0.15) is 0 Å². The van der Waals surface area contributed by atoms with E-state index in [1.165, 1.54) is 27.5 Å². The number of fused-ring (bicyclic) bond motifs is 3. The number of anilines is 1. The third-order valence-electron chi connectivity index (χ3n) is 6.29. The molecule has 2 atom stereocenters. The minimum atomic E-state index is -0.544. The second-order valence-corrected chi connectivity index (χ2v) is 8.10. The molecule has 0 aromatic heterocycles. The van der Waals surface area contributed by atoms with Crippen LogP contribution in [0.5, 0.6) is 0 Å². The number of hydrogen-bond donors (Lipinski definition) is 0. The Morgan fingerprint density at radius 3 is 2.35 bits per heavy atom. The van der Waals surface area contributed by atoms with Crippen molar-refractivity contribution >= 4 is 23.6 Å². The van der Waals surface area contributed by atoms with Gasteiger partial charge in [-0.3, -0.25) is 9.69 Å². The quantitative estimate of drug-likeness (QED) is 0.762. The summed E-state index contributed by atoms with van der Waals surface area (Å²) in [6, 6.07) is 13.3. The van der Waals surface area contributed by atoms with Crippen molar-refractivity contribution in [2.24, 2.45) is 4.99 Å². The van der Waals surface area contributed by atoms with Gasteiger partial charge in [0.2, 0.25) is 5.96 Å². The number of urea groups is 1. The number of amides is 3. The number of nitrogens with zero attached hydrogens (tertiary/aromatic N) is 5. The summed E-state index contributed by atoms with van der Waals surface area (Å²) in [6.45, 7) is 3.62. The monoisotopic (exact) mass is 421 g/mol. The van der Waals surface area contributed by atoms with Crippen LogP contribution in [0, 0.1) is 5.82 Å². The van der Waals surface area contributed by atoms with Gasteiger partial charge in [-0.15, -0.1) is 0 Å². The number of hydrogen-bond acceptors (Lipinski definition) is 5. The Hall–Kier alpha value is -3.42. The van der Waals surface area contributed by atoms with Crippen molar-refractivity contribution in [2.45, 2.75) is 32.1 Å². The van der Waals surface area contributed by atoms with E-state index in [0.29, 0.717) is 12.1 Å². The summed E-state index contributed by atoms with van der Waals surface area (Å²) in [6.07, 6.45) is 0.431. The van der Waals surface area contributed by atoms with Crippen molar-refractivity contribution in [3.63, 3.8) is 0 Å². The molecule has 7 nitrogen and oxygen atoms in total. The number of aliphatic imine (C=N–C) groups is 1. The van der Waals surface area contributed by atoms with Gasteiger partial charge in [-0.05, 0) is 41.8 Å². The van der Waals surface area contributed by atoms with E-state index in [9.17, 15) is 14.0 Å². The highest BCUT2D eigenvalue weighted by atomic mass is 19.1. The summed E-state index contributed by atoms with van der Waals surface area (Å²) >= 11 is 0. The van der Waals surface area contributed by atoms with Crippen molar-refractivity contribution in [1.29, 1.82) is 0 Å². The predicted octanol–water partition coefficient (Wildman–Crippen LogP) is 2.67. The fourth-order valence-corrected chi connectivity index (χ4v) is 4.51. The molecule has 31 heavy (non-hydrogen) atoms. The number of imide groups is 1. The summed E-state index contributed by atoms with van der Waals surface area (Å²) in [5, 5.41) is 0. The molecular formula is C23H24FN5O2. The SMILES string of the molecule is CCc1ccc(N2CCN3C2=NC2C3C(=O)N(Cc3ccc(F)cc3)C(=O)N2C)cc1. The van der Waals surface area contributed by atoms with E-state index in [1.54, 1.807) is 19.2 Å². The first kappa shape index (κ1) is 19.5. The van der Waals surface area contributed by atoms with Crippen LogP contribution >= 0.6 is 0 Å². The topological polar surface area (TPSA) is 59.5 Å². The van der Waals surface area contributed by atoms with Crippen LogP contribution in [-0.2, 0) is 17.8 Å². The molecule has 0 aliphatic carbocycles. The van der Waals surface area contributed by atoms with Gasteiger partial charge in [0.15, 0.2) is 12.2 Å². The number of carbonyl (C=O) groups excluding carboxylic acids is 2. The maximum absolute atomic E-state index is 13.4. The number of guanidine groups is 1. The first-order chi connectivity index (χ1) is 15.0. The Morgan fingerprint density at radius 1 is 1.00 bits per heavy atom. The van der Waals surface area contributed by atoms with Crippen molar-refractivity contribution in [3.05, 3.63) is 65.5 Å². The molecule has 0 saturated carbocycles. The van der Waals surface area contributed by atoms with Crippen molar-refractivity contribution < 1.29 is 14.0 Å². The van der Waals surface area contributed by atoms with Crippen molar-refractivity contribution in [3.8, 4) is 0 Å². The fraction of sp³-hybridized carbons (Fsp3) is 0.348. The zero-order chi connectivity index (χ0) is 21.7. The van der Waals surface area contributed by atoms with E-state index in [2.05, 4.69) is 36.1 Å². The molecular weight excluding hydrogens is 397 g/mol. The molecule has 3 aliphatic heterocycles. The van der Waals surface area contributed by atoms with E-state index in [0.717, 1.165) is 24.6 Å². The number of carbonyl (C=O) groups is 2. The number of rotatable bonds is 4. The van der Waals surface area contributed by atoms with Crippen LogP contribution in [0.2, 0.25) is 0 Å². The van der Waals surface area contributed by atoms with Crippen molar-refractivity contribution in [2.75, 3.05) is 25.0 Å². The molecule has 3 amide bonds. The summed E-state index contributed by atoms with van der Waals surface area (Å²) in [4.78, 5) is 38.0. The Kier molecular flexibility index (Phi) is 4.64. The third-order valence-corrected chi connectivity index (χ3v) is 6.29. The standard InChI is InChI=1S/C23H24FN5O2/c1-3-15-6-10-18(11-7-15)27-12-13-28-19-20(25-22(27)28)26(2)23(31)29(21(19)30)14-16-4-8-17(24)9-5-16/h4-11,19-20H,3,12-14H2,1-2H3. The van der Waals surface area contributed by atoms with Crippen LogP contribution in [0.1, 0.15) is 18.1 Å². The largest absolute Gasteiger partial charge is 0.328 e. The van der Waals surface area contributed by atoms with E-state index >= 15 is 0 Å². The highest BCUT2D eigenvalue weighted by Gasteiger charge is 2.54. The highest BCUT2D eigenvalue weighted by molar-refractivity contribution is 6.07. The Bertz CT molecular complexity index is 1050. The van der Waals surface area contributed by atoms with Crippen molar-refractivity contribution in [1.82, 2.24) is 14.7 Å². The van der Waals surface area contributed by atoms with Gasteiger partial charge in [-0.1, -0.05) is 31.2 Å². The molecule has 2 unspecified atom stereocenters. The minimum Gasteiger partial charge on any atom is -0.325 e. The number of likely N-dealkylation sites (N-methyl/N-ethyl adjacent to an activating group) is 1. The first-order valence-corrected chi connectivity index (χ1v) is 10.5. The van der Waals surface area contributed by atoms with Crippen LogP contribution < -0.4 is 4.90 Å². The molecule has 5 rings (SSSR count). The molecule has 3 heterocycles. The molecule has 3 aliphatic rings. The van der Waals surface area contributed by atoms with Crippen LogP contribution in [-0.4, -0.2) is 64.9 Å².